The summed E-state index contributed by atoms with van der Waals surface area (Å²) in [6.45, 7) is 6.07. The number of carbonyl (C=O) groups is 1. The van der Waals surface area contributed by atoms with Gasteiger partial charge in [-0.25, -0.2) is 0 Å². The molecule has 1 amide bonds. The number of amides is 1. The molecule has 1 atom stereocenters. The van der Waals surface area contributed by atoms with Crippen LogP contribution in [-0.4, -0.2) is 49.1 Å². The van der Waals surface area contributed by atoms with E-state index in [1.807, 2.05) is 0 Å². The minimum atomic E-state index is 0.172. The van der Waals surface area contributed by atoms with Crippen molar-refractivity contribution in [3.8, 4) is 0 Å². The molecule has 2 fully saturated rings. The molecule has 116 valence electrons. The van der Waals surface area contributed by atoms with E-state index in [9.17, 15) is 4.79 Å². The van der Waals surface area contributed by atoms with Crippen LogP contribution in [0, 0.1) is 0 Å². The first kappa shape index (κ1) is 15.8. The fraction of sp³-hybridized carbons (Fsp3) is 0.938. The van der Waals surface area contributed by atoms with Gasteiger partial charge in [0.1, 0.15) is 0 Å². The normalized spacial score (nSPS) is 23.4. The van der Waals surface area contributed by atoms with E-state index in [1.54, 1.807) is 0 Å². The van der Waals surface area contributed by atoms with Crippen molar-refractivity contribution in [2.75, 3.05) is 26.2 Å². The Kier molecular flexibility index (Phi) is 6.80. The SMILES string of the molecule is CC(CNCC(=O)NC1CCCCCC1)N1CCCC1. The zero-order chi connectivity index (χ0) is 14.2. The highest BCUT2D eigenvalue weighted by molar-refractivity contribution is 5.78. The maximum absolute atomic E-state index is 11.9. The Hall–Kier alpha value is -0.610. The van der Waals surface area contributed by atoms with E-state index in [1.165, 1.54) is 51.6 Å². The van der Waals surface area contributed by atoms with Crippen molar-refractivity contribution in [1.82, 2.24) is 15.5 Å². The van der Waals surface area contributed by atoms with Crippen LogP contribution in [0.2, 0.25) is 0 Å². The Balaban J connectivity index is 1.57. The van der Waals surface area contributed by atoms with Gasteiger partial charge in [-0.15, -0.1) is 0 Å². The molecule has 0 aromatic heterocycles. The highest BCUT2D eigenvalue weighted by atomic mass is 16.1. The summed E-state index contributed by atoms with van der Waals surface area (Å²) in [7, 11) is 0. The van der Waals surface area contributed by atoms with Crippen LogP contribution in [0.5, 0.6) is 0 Å². The van der Waals surface area contributed by atoms with E-state index in [2.05, 4.69) is 22.5 Å². The standard InChI is InChI=1S/C16H31N3O/c1-14(19-10-6-7-11-19)12-17-13-16(20)18-15-8-4-2-3-5-9-15/h14-15,17H,2-13H2,1H3,(H,18,20). The Morgan fingerprint density at radius 1 is 1.10 bits per heavy atom. The number of hydrogen-bond acceptors (Lipinski definition) is 3. The number of likely N-dealkylation sites (tertiary alicyclic amines) is 1. The molecule has 0 aromatic rings. The van der Waals surface area contributed by atoms with Gasteiger partial charge in [0.05, 0.1) is 6.54 Å². The molecule has 4 nitrogen and oxygen atoms in total. The summed E-state index contributed by atoms with van der Waals surface area (Å²) in [6.07, 6.45) is 10.2. The highest BCUT2D eigenvalue weighted by Gasteiger charge is 2.18. The van der Waals surface area contributed by atoms with Crippen molar-refractivity contribution >= 4 is 5.91 Å². The molecule has 4 heteroatoms. The monoisotopic (exact) mass is 281 g/mol. The quantitative estimate of drug-likeness (QED) is 0.731. The largest absolute Gasteiger partial charge is 0.352 e. The Bertz CT molecular complexity index is 281. The molecule has 2 aliphatic rings. The van der Waals surface area contributed by atoms with E-state index in [4.69, 9.17) is 0 Å². The zero-order valence-corrected chi connectivity index (χ0v) is 13.0. The third-order valence-corrected chi connectivity index (χ3v) is 4.71. The van der Waals surface area contributed by atoms with Crippen molar-refractivity contribution in [2.45, 2.75) is 70.4 Å². The molecular weight excluding hydrogens is 250 g/mol. The molecule has 2 rings (SSSR count). The number of nitrogens with zero attached hydrogens (tertiary/aromatic N) is 1. The van der Waals surface area contributed by atoms with Crippen molar-refractivity contribution < 1.29 is 4.79 Å². The summed E-state index contributed by atoms with van der Waals surface area (Å²) in [4.78, 5) is 14.4. The summed E-state index contributed by atoms with van der Waals surface area (Å²) < 4.78 is 0. The minimum Gasteiger partial charge on any atom is -0.352 e. The van der Waals surface area contributed by atoms with Gasteiger partial charge in [0, 0.05) is 18.6 Å². The minimum absolute atomic E-state index is 0.172. The van der Waals surface area contributed by atoms with Crippen LogP contribution in [0.25, 0.3) is 0 Å². The Labute approximate surface area is 123 Å². The lowest BCUT2D eigenvalue weighted by molar-refractivity contribution is -0.121. The summed E-state index contributed by atoms with van der Waals surface area (Å²) in [6, 6.07) is 0.964. The molecule has 0 bridgehead atoms. The van der Waals surface area contributed by atoms with E-state index in [-0.39, 0.29) is 5.91 Å². The lowest BCUT2D eigenvalue weighted by Crippen LogP contribution is -2.44. The van der Waals surface area contributed by atoms with Gasteiger partial charge in [0.25, 0.3) is 0 Å². The zero-order valence-electron chi connectivity index (χ0n) is 13.0. The lowest BCUT2D eigenvalue weighted by atomic mass is 10.1. The van der Waals surface area contributed by atoms with Gasteiger partial charge < -0.3 is 10.6 Å². The van der Waals surface area contributed by atoms with Crippen LogP contribution < -0.4 is 10.6 Å². The Morgan fingerprint density at radius 3 is 2.40 bits per heavy atom. The average Bonchev–Trinajstić information content (AvgIpc) is 2.85. The van der Waals surface area contributed by atoms with Crippen LogP contribution in [0.3, 0.4) is 0 Å². The lowest BCUT2D eigenvalue weighted by Gasteiger charge is -2.24. The van der Waals surface area contributed by atoms with Gasteiger partial charge in [-0.3, -0.25) is 9.69 Å². The second-order valence-corrected chi connectivity index (χ2v) is 6.48. The molecule has 1 aliphatic carbocycles. The van der Waals surface area contributed by atoms with Crippen molar-refractivity contribution in [3.05, 3.63) is 0 Å². The predicted octanol–water partition coefficient (Wildman–Crippen LogP) is 1.90. The molecule has 2 N–H and O–H groups in total. The molecule has 20 heavy (non-hydrogen) atoms. The van der Waals surface area contributed by atoms with Crippen molar-refractivity contribution in [3.63, 3.8) is 0 Å². The summed E-state index contributed by atoms with van der Waals surface area (Å²) in [5.74, 6) is 0.172. The molecule has 1 heterocycles. The van der Waals surface area contributed by atoms with Crippen LogP contribution in [0.1, 0.15) is 58.3 Å². The van der Waals surface area contributed by atoms with E-state index < -0.39 is 0 Å². The first-order valence-corrected chi connectivity index (χ1v) is 8.50. The van der Waals surface area contributed by atoms with Gasteiger partial charge in [0.2, 0.25) is 5.91 Å². The van der Waals surface area contributed by atoms with Crippen molar-refractivity contribution in [2.24, 2.45) is 0 Å². The number of carbonyl (C=O) groups excluding carboxylic acids is 1. The third-order valence-electron chi connectivity index (χ3n) is 4.71. The molecule has 1 unspecified atom stereocenters. The summed E-state index contributed by atoms with van der Waals surface area (Å²) in [5.41, 5.74) is 0. The van der Waals surface area contributed by atoms with Gasteiger partial charge in [-0.1, -0.05) is 25.7 Å². The smallest absolute Gasteiger partial charge is 0.234 e. The maximum Gasteiger partial charge on any atom is 0.234 e. The van der Waals surface area contributed by atoms with Gasteiger partial charge in [-0.05, 0) is 45.7 Å². The van der Waals surface area contributed by atoms with Gasteiger partial charge in [0.15, 0.2) is 0 Å². The second-order valence-electron chi connectivity index (χ2n) is 6.48. The Morgan fingerprint density at radius 2 is 1.75 bits per heavy atom. The fourth-order valence-electron chi connectivity index (χ4n) is 3.41. The molecule has 0 aromatic carbocycles. The number of nitrogens with one attached hydrogen (secondary N) is 2. The first-order chi connectivity index (χ1) is 9.75. The maximum atomic E-state index is 11.9. The first-order valence-electron chi connectivity index (χ1n) is 8.50. The fourth-order valence-corrected chi connectivity index (χ4v) is 3.41. The highest BCUT2D eigenvalue weighted by Crippen LogP contribution is 2.17. The number of hydrogen-bond donors (Lipinski definition) is 2. The second kappa shape index (κ2) is 8.63. The van der Waals surface area contributed by atoms with E-state index in [0.29, 0.717) is 18.6 Å². The van der Waals surface area contributed by atoms with Crippen LogP contribution in [0.15, 0.2) is 0 Å². The van der Waals surface area contributed by atoms with E-state index >= 15 is 0 Å². The summed E-state index contributed by atoms with van der Waals surface area (Å²) in [5, 5.41) is 6.50. The average molecular weight is 281 g/mol. The van der Waals surface area contributed by atoms with Gasteiger partial charge >= 0.3 is 0 Å². The van der Waals surface area contributed by atoms with Gasteiger partial charge in [-0.2, -0.15) is 0 Å². The molecule has 1 aliphatic heterocycles. The molecule has 0 spiro atoms. The number of rotatable bonds is 6. The van der Waals surface area contributed by atoms with Crippen LogP contribution in [-0.2, 0) is 4.79 Å². The van der Waals surface area contributed by atoms with E-state index in [0.717, 1.165) is 19.4 Å². The summed E-state index contributed by atoms with van der Waals surface area (Å²) >= 11 is 0. The van der Waals surface area contributed by atoms with Crippen LogP contribution in [0.4, 0.5) is 0 Å². The topological polar surface area (TPSA) is 44.4 Å². The van der Waals surface area contributed by atoms with Crippen LogP contribution >= 0.6 is 0 Å². The molecule has 1 saturated carbocycles. The molecule has 1 saturated heterocycles. The third kappa shape index (κ3) is 5.41. The van der Waals surface area contributed by atoms with Crippen molar-refractivity contribution in [1.29, 1.82) is 0 Å². The molecular formula is C16H31N3O. The predicted molar refractivity (Wildman–Crippen MR) is 82.8 cm³/mol. The molecule has 0 radical (unpaired) electrons.